The topological polar surface area (TPSA) is 29.3 Å². The summed E-state index contributed by atoms with van der Waals surface area (Å²) in [6.45, 7) is 11.3. The van der Waals surface area contributed by atoms with Crippen molar-refractivity contribution in [1.82, 2.24) is 4.90 Å². The number of nitrogens with zero attached hydrogens (tertiary/aromatic N) is 1. The van der Waals surface area contributed by atoms with Crippen molar-refractivity contribution in [2.75, 3.05) is 20.1 Å². The van der Waals surface area contributed by atoms with E-state index < -0.39 is 0 Å². The van der Waals surface area contributed by atoms with Crippen LogP contribution in [0.2, 0.25) is 0 Å². The molecule has 0 aromatic heterocycles. The summed E-state index contributed by atoms with van der Waals surface area (Å²) in [4.78, 5) is 2.48. The smallest absolute Gasteiger partial charge is 0.0328 e. The molecule has 102 valence electrons. The molecule has 1 aliphatic carbocycles. The Hall–Kier alpha value is -0.0800. The fraction of sp³-hybridized carbons (Fsp3) is 1.00. The lowest BCUT2D eigenvalue weighted by Crippen LogP contribution is -2.51. The van der Waals surface area contributed by atoms with Gasteiger partial charge in [-0.2, -0.15) is 0 Å². The van der Waals surface area contributed by atoms with Gasteiger partial charge >= 0.3 is 0 Å². The number of rotatable bonds is 3. The van der Waals surface area contributed by atoms with Gasteiger partial charge in [-0.05, 0) is 50.6 Å². The molecule has 0 aromatic carbocycles. The van der Waals surface area contributed by atoms with Gasteiger partial charge in [-0.15, -0.1) is 0 Å². The van der Waals surface area contributed by atoms with Gasteiger partial charge in [0.05, 0.1) is 0 Å². The summed E-state index contributed by atoms with van der Waals surface area (Å²) in [5, 5.41) is 0. The summed E-state index contributed by atoms with van der Waals surface area (Å²) < 4.78 is 0. The van der Waals surface area contributed by atoms with Crippen molar-refractivity contribution in [1.29, 1.82) is 0 Å². The fourth-order valence-electron chi connectivity index (χ4n) is 3.33. The van der Waals surface area contributed by atoms with Gasteiger partial charge in [-0.25, -0.2) is 0 Å². The van der Waals surface area contributed by atoms with E-state index in [-0.39, 0.29) is 5.54 Å². The lowest BCUT2D eigenvalue weighted by atomic mass is 9.76. The molecule has 0 radical (unpaired) electrons. The normalized spacial score (nSPS) is 31.6. The molecule has 0 amide bonds. The van der Waals surface area contributed by atoms with E-state index >= 15 is 0 Å². The third-order valence-electron chi connectivity index (χ3n) is 5.04. The second-order valence-electron chi connectivity index (χ2n) is 6.94. The van der Waals surface area contributed by atoms with Crippen molar-refractivity contribution in [3.05, 3.63) is 0 Å². The van der Waals surface area contributed by atoms with Gasteiger partial charge in [0.1, 0.15) is 0 Å². The summed E-state index contributed by atoms with van der Waals surface area (Å²) in [5.74, 6) is 0.862. The zero-order valence-corrected chi connectivity index (χ0v) is 12.6. The molecule has 2 heteroatoms. The van der Waals surface area contributed by atoms with Crippen molar-refractivity contribution in [3.63, 3.8) is 0 Å². The Morgan fingerprint density at radius 3 is 2.35 bits per heavy atom. The summed E-state index contributed by atoms with van der Waals surface area (Å²) >= 11 is 0. The highest BCUT2D eigenvalue weighted by atomic mass is 15.2. The molecule has 2 atom stereocenters. The molecule has 2 N–H and O–H groups in total. The Kier molecular flexibility index (Phi) is 5.03. The van der Waals surface area contributed by atoms with E-state index in [1.165, 1.54) is 32.1 Å². The molecule has 0 bridgehead atoms. The van der Waals surface area contributed by atoms with Gasteiger partial charge in [0.25, 0.3) is 0 Å². The molecule has 1 aliphatic rings. The Morgan fingerprint density at radius 2 is 1.88 bits per heavy atom. The molecule has 2 unspecified atom stereocenters. The Balaban J connectivity index is 2.74. The molecule has 1 rings (SSSR count). The van der Waals surface area contributed by atoms with Crippen LogP contribution in [-0.2, 0) is 0 Å². The Bertz CT molecular complexity index is 232. The lowest BCUT2D eigenvalue weighted by molar-refractivity contribution is 0.108. The van der Waals surface area contributed by atoms with Crippen LogP contribution in [0, 0.1) is 11.3 Å². The standard InChI is InChI=1S/C15H32N2/c1-6-17(5)15(12-16)10-7-8-13(9-11-15)14(2,3)4/h13H,6-12,16H2,1-5H3. The number of nitrogens with two attached hydrogens (primary N) is 1. The minimum atomic E-state index is 0.273. The van der Waals surface area contributed by atoms with E-state index in [1.807, 2.05) is 0 Å². The highest BCUT2D eigenvalue weighted by molar-refractivity contribution is 4.94. The monoisotopic (exact) mass is 240 g/mol. The van der Waals surface area contributed by atoms with Gasteiger partial charge in [0, 0.05) is 12.1 Å². The average molecular weight is 240 g/mol. The minimum Gasteiger partial charge on any atom is -0.329 e. The van der Waals surface area contributed by atoms with E-state index in [4.69, 9.17) is 5.73 Å². The Morgan fingerprint density at radius 1 is 1.24 bits per heavy atom. The van der Waals surface area contributed by atoms with Crippen molar-refractivity contribution in [2.45, 2.75) is 65.3 Å². The first-order chi connectivity index (χ1) is 7.85. The predicted octanol–water partition coefficient (Wildman–Crippen LogP) is 3.26. The Labute approximate surface area is 108 Å². The zero-order valence-electron chi connectivity index (χ0n) is 12.6. The van der Waals surface area contributed by atoms with Gasteiger partial charge in [0.15, 0.2) is 0 Å². The van der Waals surface area contributed by atoms with Crippen molar-refractivity contribution in [2.24, 2.45) is 17.1 Å². The van der Waals surface area contributed by atoms with E-state index in [2.05, 4.69) is 39.6 Å². The third kappa shape index (κ3) is 3.45. The first-order valence-electron chi connectivity index (χ1n) is 7.27. The van der Waals surface area contributed by atoms with Crippen LogP contribution in [0.5, 0.6) is 0 Å². The molecule has 0 aliphatic heterocycles. The number of likely N-dealkylation sites (N-methyl/N-ethyl adjacent to an activating group) is 1. The van der Waals surface area contributed by atoms with Crippen LogP contribution < -0.4 is 5.73 Å². The van der Waals surface area contributed by atoms with Crippen molar-refractivity contribution in [3.8, 4) is 0 Å². The second-order valence-corrected chi connectivity index (χ2v) is 6.94. The summed E-state index contributed by atoms with van der Waals surface area (Å²) in [6, 6.07) is 0. The summed E-state index contributed by atoms with van der Waals surface area (Å²) in [5.41, 5.74) is 6.82. The molecule has 0 aromatic rings. The zero-order chi connectivity index (χ0) is 13.1. The van der Waals surface area contributed by atoms with Gasteiger partial charge in [-0.1, -0.05) is 34.1 Å². The summed E-state index contributed by atoms with van der Waals surface area (Å²) in [6.07, 6.45) is 6.60. The lowest BCUT2D eigenvalue weighted by Gasteiger charge is -2.40. The summed E-state index contributed by atoms with van der Waals surface area (Å²) in [7, 11) is 2.24. The fourth-order valence-corrected chi connectivity index (χ4v) is 3.33. The quantitative estimate of drug-likeness (QED) is 0.767. The van der Waals surface area contributed by atoms with Crippen LogP contribution in [0.3, 0.4) is 0 Å². The highest BCUT2D eigenvalue weighted by Gasteiger charge is 2.37. The maximum Gasteiger partial charge on any atom is 0.0328 e. The average Bonchev–Trinajstić information content (AvgIpc) is 2.50. The van der Waals surface area contributed by atoms with Crippen LogP contribution in [0.1, 0.15) is 59.8 Å². The van der Waals surface area contributed by atoms with E-state index in [0.29, 0.717) is 5.41 Å². The van der Waals surface area contributed by atoms with Crippen molar-refractivity contribution < 1.29 is 0 Å². The maximum atomic E-state index is 6.10. The van der Waals surface area contributed by atoms with Crippen molar-refractivity contribution >= 4 is 0 Å². The second kappa shape index (κ2) is 5.71. The molecular formula is C15H32N2. The minimum absolute atomic E-state index is 0.273. The maximum absolute atomic E-state index is 6.10. The van der Waals surface area contributed by atoms with Crippen LogP contribution >= 0.6 is 0 Å². The molecule has 1 fully saturated rings. The van der Waals surface area contributed by atoms with E-state index in [0.717, 1.165) is 19.0 Å². The van der Waals surface area contributed by atoms with Gasteiger partial charge in [0.2, 0.25) is 0 Å². The van der Waals surface area contributed by atoms with Crippen LogP contribution in [0.4, 0.5) is 0 Å². The third-order valence-corrected chi connectivity index (χ3v) is 5.04. The van der Waals surface area contributed by atoms with Gasteiger partial charge in [-0.3, -0.25) is 4.90 Å². The molecule has 2 nitrogen and oxygen atoms in total. The first-order valence-corrected chi connectivity index (χ1v) is 7.27. The molecule has 0 heterocycles. The van der Waals surface area contributed by atoms with Crippen LogP contribution in [-0.4, -0.2) is 30.6 Å². The molecule has 0 spiro atoms. The van der Waals surface area contributed by atoms with E-state index in [9.17, 15) is 0 Å². The van der Waals surface area contributed by atoms with Crippen LogP contribution in [0.25, 0.3) is 0 Å². The van der Waals surface area contributed by atoms with Gasteiger partial charge < -0.3 is 5.73 Å². The number of hydrogen-bond acceptors (Lipinski definition) is 2. The molecule has 1 saturated carbocycles. The highest BCUT2D eigenvalue weighted by Crippen LogP contribution is 2.41. The van der Waals surface area contributed by atoms with E-state index in [1.54, 1.807) is 0 Å². The number of hydrogen-bond donors (Lipinski definition) is 1. The molecular weight excluding hydrogens is 208 g/mol. The largest absolute Gasteiger partial charge is 0.329 e. The molecule has 17 heavy (non-hydrogen) atoms. The predicted molar refractivity (Wildman–Crippen MR) is 76.1 cm³/mol. The molecule has 0 saturated heterocycles. The SMILES string of the molecule is CCN(C)C1(CN)CCCC(C(C)(C)C)CC1. The van der Waals surface area contributed by atoms with Crippen LogP contribution in [0.15, 0.2) is 0 Å². The first kappa shape index (κ1) is 15.0.